The van der Waals surface area contributed by atoms with E-state index in [1.807, 2.05) is 14.1 Å². The number of nitrogens with one attached hydrogen (secondary N) is 1. The molecule has 0 atom stereocenters. The molecular formula is C24H34F6N4O5. The van der Waals surface area contributed by atoms with E-state index in [4.69, 9.17) is 24.8 Å². The first-order valence-electron chi connectivity index (χ1n) is 12.1. The van der Waals surface area contributed by atoms with Crippen molar-refractivity contribution in [2.24, 2.45) is 11.8 Å². The van der Waals surface area contributed by atoms with Gasteiger partial charge in [0.05, 0.1) is 5.56 Å². The monoisotopic (exact) mass is 572 g/mol. The molecule has 0 unspecified atom stereocenters. The van der Waals surface area contributed by atoms with Crippen molar-refractivity contribution in [2.45, 2.75) is 51.9 Å². The third-order valence-electron chi connectivity index (χ3n) is 5.55. The van der Waals surface area contributed by atoms with E-state index in [2.05, 4.69) is 30.1 Å². The number of alkyl halides is 6. The van der Waals surface area contributed by atoms with Gasteiger partial charge in [-0.15, -0.1) is 0 Å². The Bertz CT molecular complexity index is 970. The van der Waals surface area contributed by atoms with E-state index in [0.717, 1.165) is 56.3 Å². The number of pyridine rings is 1. The summed E-state index contributed by atoms with van der Waals surface area (Å²) in [5.74, 6) is -3.26. The highest BCUT2D eigenvalue weighted by Gasteiger charge is 2.38. The van der Waals surface area contributed by atoms with Crippen molar-refractivity contribution in [1.29, 1.82) is 0 Å². The van der Waals surface area contributed by atoms with Crippen LogP contribution < -0.4 is 5.32 Å². The third-order valence-corrected chi connectivity index (χ3v) is 5.55. The second-order valence-electron chi connectivity index (χ2n) is 9.81. The highest BCUT2D eigenvalue weighted by molar-refractivity contribution is 5.98. The van der Waals surface area contributed by atoms with Crippen LogP contribution in [0.25, 0.3) is 0 Å². The summed E-state index contributed by atoms with van der Waals surface area (Å²) in [6.07, 6.45) is -5.64. The fraction of sp³-hybridized carbons (Fsp3) is 0.667. The third kappa shape index (κ3) is 12.5. The molecule has 39 heavy (non-hydrogen) atoms. The summed E-state index contributed by atoms with van der Waals surface area (Å²) in [5.41, 5.74) is 3.13. The van der Waals surface area contributed by atoms with E-state index in [1.165, 1.54) is 24.1 Å². The second-order valence-corrected chi connectivity index (χ2v) is 9.81. The van der Waals surface area contributed by atoms with Crippen molar-refractivity contribution in [2.75, 3.05) is 45.6 Å². The molecule has 222 valence electrons. The lowest BCUT2D eigenvalue weighted by molar-refractivity contribution is -0.193. The fourth-order valence-electron chi connectivity index (χ4n) is 3.48. The topological polar surface area (TPSA) is 123 Å². The van der Waals surface area contributed by atoms with E-state index in [9.17, 15) is 31.1 Å². The SMILES string of the molecule is CC(C)CN1CCc2cc(C(=O)N(C)C)c(NCC3CC3)nc2CC1.O=C(O)C(F)(F)F.O=C(O)C(F)(F)F. The number of aliphatic carboxylic acids is 2. The quantitative estimate of drug-likeness (QED) is 0.439. The molecule has 9 nitrogen and oxygen atoms in total. The molecule has 0 radical (unpaired) electrons. The Morgan fingerprint density at radius 3 is 1.92 bits per heavy atom. The number of carboxylic acid groups (broad SMARTS) is 2. The molecule has 1 aliphatic carbocycles. The number of carboxylic acids is 2. The Morgan fingerprint density at radius 1 is 1.03 bits per heavy atom. The zero-order valence-corrected chi connectivity index (χ0v) is 22.1. The summed E-state index contributed by atoms with van der Waals surface area (Å²) in [4.78, 5) is 39.5. The molecule has 1 fully saturated rings. The van der Waals surface area contributed by atoms with E-state index >= 15 is 0 Å². The van der Waals surface area contributed by atoms with Crippen molar-refractivity contribution < 1.29 is 50.9 Å². The van der Waals surface area contributed by atoms with E-state index < -0.39 is 24.3 Å². The van der Waals surface area contributed by atoms with Gasteiger partial charge in [0.2, 0.25) is 0 Å². The lowest BCUT2D eigenvalue weighted by atomic mass is 10.0. The van der Waals surface area contributed by atoms with Gasteiger partial charge in [0, 0.05) is 52.4 Å². The van der Waals surface area contributed by atoms with Gasteiger partial charge in [0.1, 0.15) is 5.82 Å². The van der Waals surface area contributed by atoms with Crippen LogP contribution in [-0.2, 0) is 22.4 Å². The minimum Gasteiger partial charge on any atom is -0.475 e. The minimum absolute atomic E-state index is 0.0388. The standard InChI is InChI=1S/C20H32N4O.2C2HF3O2/c1-14(2)13-24-9-7-16-11-17(20(25)23(3)4)19(21-12-15-5-6-15)22-18(16)8-10-24;2*3-2(4,5)1(6)7/h11,14-15H,5-10,12-13H2,1-4H3,(H,21,22);2*(H,6,7). The molecule has 0 bridgehead atoms. The van der Waals surface area contributed by atoms with Crippen LogP contribution in [0.3, 0.4) is 0 Å². The number of halogens is 6. The van der Waals surface area contributed by atoms with E-state index in [-0.39, 0.29) is 5.91 Å². The Hall–Kier alpha value is -3.10. The van der Waals surface area contributed by atoms with E-state index in [0.29, 0.717) is 5.92 Å². The minimum atomic E-state index is -5.08. The molecule has 0 saturated heterocycles. The first-order chi connectivity index (χ1) is 17.8. The Balaban J connectivity index is 0.000000449. The Labute approximate surface area is 222 Å². The van der Waals surface area contributed by atoms with Gasteiger partial charge in [-0.25, -0.2) is 14.6 Å². The molecular weight excluding hydrogens is 538 g/mol. The molecule has 1 saturated carbocycles. The number of fused-ring (bicyclic) bond motifs is 1. The van der Waals surface area contributed by atoms with E-state index in [1.54, 1.807) is 4.90 Å². The van der Waals surface area contributed by atoms with Gasteiger partial charge in [0.15, 0.2) is 0 Å². The van der Waals surface area contributed by atoms with Gasteiger partial charge >= 0.3 is 24.3 Å². The van der Waals surface area contributed by atoms with Crippen molar-refractivity contribution in [1.82, 2.24) is 14.8 Å². The predicted molar refractivity (Wildman–Crippen MR) is 130 cm³/mol. The van der Waals surface area contributed by atoms with Crippen LogP contribution in [0.4, 0.5) is 32.2 Å². The lowest BCUT2D eigenvalue weighted by Gasteiger charge is -2.21. The fourth-order valence-corrected chi connectivity index (χ4v) is 3.48. The molecule has 0 aromatic carbocycles. The largest absolute Gasteiger partial charge is 0.490 e. The summed E-state index contributed by atoms with van der Waals surface area (Å²) in [5, 5.41) is 17.7. The van der Waals surface area contributed by atoms with Crippen molar-refractivity contribution in [3.05, 3.63) is 22.9 Å². The highest BCUT2D eigenvalue weighted by Crippen LogP contribution is 2.30. The summed E-state index contributed by atoms with van der Waals surface area (Å²) in [6.45, 7) is 8.70. The normalized spacial score (nSPS) is 15.6. The highest BCUT2D eigenvalue weighted by atomic mass is 19.4. The van der Waals surface area contributed by atoms with Gasteiger partial charge in [-0.1, -0.05) is 13.8 Å². The van der Waals surface area contributed by atoms with Crippen LogP contribution in [0, 0.1) is 11.8 Å². The number of aromatic nitrogens is 1. The average Bonchev–Trinajstić information content (AvgIpc) is 3.64. The Morgan fingerprint density at radius 2 is 1.51 bits per heavy atom. The number of nitrogens with zero attached hydrogens (tertiary/aromatic N) is 3. The van der Waals surface area contributed by atoms with Crippen LogP contribution in [0.2, 0.25) is 0 Å². The van der Waals surface area contributed by atoms with Gasteiger partial charge < -0.3 is 25.3 Å². The molecule has 3 N–H and O–H groups in total. The summed E-state index contributed by atoms with van der Waals surface area (Å²) in [7, 11) is 3.62. The second kappa shape index (κ2) is 14.3. The van der Waals surface area contributed by atoms with Gasteiger partial charge in [-0.2, -0.15) is 26.3 Å². The predicted octanol–water partition coefficient (Wildman–Crippen LogP) is 3.93. The summed E-state index contributed by atoms with van der Waals surface area (Å²) in [6, 6.07) is 2.10. The molecule has 2 aliphatic rings. The Kier molecular flexibility index (Phi) is 12.5. The summed E-state index contributed by atoms with van der Waals surface area (Å²) >= 11 is 0. The lowest BCUT2D eigenvalue weighted by Crippen LogP contribution is -2.30. The molecule has 1 amide bonds. The summed E-state index contributed by atoms with van der Waals surface area (Å²) < 4.78 is 63.5. The molecule has 1 aromatic heterocycles. The van der Waals surface area contributed by atoms with Crippen LogP contribution in [0.1, 0.15) is 48.3 Å². The maximum Gasteiger partial charge on any atom is 0.490 e. The molecule has 0 spiro atoms. The van der Waals surface area contributed by atoms with Crippen LogP contribution >= 0.6 is 0 Å². The smallest absolute Gasteiger partial charge is 0.475 e. The number of rotatable bonds is 6. The average molecular weight is 573 g/mol. The number of carbonyl (C=O) groups is 3. The number of hydrogen-bond donors (Lipinski definition) is 3. The van der Waals surface area contributed by atoms with Gasteiger partial charge in [-0.05, 0) is 42.7 Å². The number of amides is 1. The number of carbonyl (C=O) groups excluding carboxylic acids is 1. The molecule has 15 heteroatoms. The molecule has 3 rings (SSSR count). The molecule has 2 heterocycles. The van der Waals surface area contributed by atoms with Crippen molar-refractivity contribution in [3.8, 4) is 0 Å². The van der Waals surface area contributed by atoms with Crippen LogP contribution in [0.5, 0.6) is 0 Å². The van der Waals surface area contributed by atoms with Crippen molar-refractivity contribution >= 4 is 23.7 Å². The first-order valence-corrected chi connectivity index (χ1v) is 12.1. The first kappa shape index (κ1) is 33.9. The van der Waals surface area contributed by atoms with Gasteiger partial charge in [0.25, 0.3) is 5.91 Å². The molecule has 1 aliphatic heterocycles. The number of anilines is 1. The number of hydrogen-bond acceptors (Lipinski definition) is 6. The molecule has 1 aromatic rings. The van der Waals surface area contributed by atoms with Crippen LogP contribution in [-0.4, -0.2) is 95.5 Å². The van der Waals surface area contributed by atoms with Crippen LogP contribution in [0.15, 0.2) is 6.07 Å². The maximum atomic E-state index is 12.6. The van der Waals surface area contributed by atoms with Gasteiger partial charge in [-0.3, -0.25) is 4.79 Å². The maximum absolute atomic E-state index is 12.6. The zero-order chi connectivity index (χ0) is 30.1. The zero-order valence-electron chi connectivity index (χ0n) is 22.1. The van der Waals surface area contributed by atoms with Crippen molar-refractivity contribution in [3.63, 3.8) is 0 Å².